The van der Waals surface area contributed by atoms with Crippen LogP contribution in [-0.2, 0) is 9.59 Å². The summed E-state index contributed by atoms with van der Waals surface area (Å²) in [5, 5.41) is 8.60. The van der Waals surface area contributed by atoms with Gasteiger partial charge in [-0.2, -0.15) is 0 Å². The number of amides is 2. The molecular formula is C10H7N2O4+. The largest absolute Gasteiger partial charge is 0.316 e. The lowest BCUT2D eigenvalue weighted by atomic mass is 10.2. The molecule has 0 spiro atoms. The maximum Gasteiger partial charge on any atom is 0.316 e. The smallest absolute Gasteiger partial charge is 0.269 e. The third-order valence-corrected chi connectivity index (χ3v) is 2.14. The molecule has 0 aromatic heterocycles. The van der Waals surface area contributed by atoms with E-state index >= 15 is 0 Å². The second kappa shape index (κ2) is 3.58. The van der Waals surface area contributed by atoms with Crippen LogP contribution in [0.2, 0.25) is 0 Å². The summed E-state index contributed by atoms with van der Waals surface area (Å²) in [5.41, 5.74) is 0.376. The lowest BCUT2D eigenvalue weighted by Crippen LogP contribution is -2.29. The molecule has 16 heavy (non-hydrogen) atoms. The van der Waals surface area contributed by atoms with Crippen molar-refractivity contribution in [2.45, 2.75) is 0 Å². The van der Waals surface area contributed by atoms with Gasteiger partial charge in [-0.15, -0.1) is 0 Å². The van der Waals surface area contributed by atoms with Crippen molar-refractivity contribution < 1.29 is 19.7 Å². The molecule has 0 saturated heterocycles. The topological polar surface area (TPSA) is 77.7 Å². The number of hydrogen-bond donors (Lipinski definition) is 1. The van der Waals surface area contributed by atoms with E-state index in [0.717, 1.165) is 4.90 Å². The number of nitrogens with zero attached hydrogens (tertiary/aromatic N) is 2. The van der Waals surface area contributed by atoms with Gasteiger partial charge in [-0.05, 0) is 12.1 Å². The first-order valence-electron chi connectivity index (χ1n) is 4.42. The second-order valence-electron chi connectivity index (χ2n) is 3.13. The van der Waals surface area contributed by atoms with Gasteiger partial charge < -0.3 is 0 Å². The fraction of sp³-hybridized carbons (Fsp3) is 0. The number of benzene rings is 1. The fourth-order valence-corrected chi connectivity index (χ4v) is 1.38. The van der Waals surface area contributed by atoms with Gasteiger partial charge in [-0.25, -0.2) is 10.1 Å². The van der Waals surface area contributed by atoms with E-state index in [2.05, 4.69) is 0 Å². The normalized spacial score (nSPS) is 14.6. The van der Waals surface area contributed by atoms with Gasteiger partial charge in [0.05, 0.1) is 10.6 Å². The van der Waals surface area contributed by atoms with Crippen molar-refractivity contribution in [3.63, 3.8) is 0 Å². The summed E-state index contributed by atoms with van der Waals surface area (Å²) in [5.74, 6) is -0.860. The molecule has 1 aliphatic rings. The first-order chi connectivity index (χ1) is 7.59. The highest BCUT2D eigenvalue weighted by Gasteiger charge is 2.25. The molecule has 1 heterocycles. The minimum absolute atomic E-state index is 0.0239. The molecule has 0 saturated carbocycles. The lowest BCUT2D eigenvalue weighted by molar-refractivity contribution is -0.729. The van der Waals surface area contributed by atoms with Crippen LogP contribution >= 0.6 is 0 Å². The van der Waals surface area contributed by atoms with E-state index in [9.17, 15) is 14.5 Å². The van der Waals surface area contributed by atoms with Crippen molar-refractivity contribution in [3.8, 4) is 0 Å². The Morgan fingerprint density at radius 3 is 1.94 bits per heavy atom. The van der Waals surface area contributed by atoms with Crippen LogP contribution in [0.4, 0.5) is 11.4 Å². The highest BCUT2D eigenvalue weighted by molar-refractivity contribution is 6.28. The Hall–Kier alpha value is -2.50. The van der Waals surface area contributed by atoms with Crippen LogP contribution in [0.5, 0.6) is 0 Å². The molecule has 1 aromatic carbocycles. The van der Waals surface area contributed by atoms with E-state index in [0.29, 0.717) is 5.69 Å². The maximum atomic E-state index is 11.3. The predicted octanol–water partition coefficient (Wildman–Crippen LogP) is 0.916. The standard InChI is InChI=1S/C10H7N2O4/c13-9-5-6-10(14)11(9)7-1-3-8(4-2-7)12(15)16/h1-6H,(H,15,16)/q+1. The lowest BCUT2D eigenvalue weighted by Gasteiger charge is -2.12. The Morgan fingerprint density at radius 1 is 1.00 bits per heavy atom. The van der Waals surface area contributed by atoms with E-state index in [1.807, 2.05) is 0 Å². The average molecular weight is 219 g/mol. The monoisotopic (exact) mass is 219 g/mol. The SMILES string of the molecule is O=C1C=CC(=O)N1c1ccc([N+](=O)O)cc1. The zero-order valence-corrected chi connectivity index (χ0v) is 8.03. The zero-order valence-electron chi connectivity index (χ0n) is 8.03. The molecule has 0 unspecified atom stereocenters. The molecular weight excluding hydrogens is 212 g/mol. The molecule has 6 heteroatoms. The first-order valence-corrected chi connectivity index (χ1v) is 4.42. The van der Waals surface area contributed by atoms with Crippen molar-refractivity contribution in [3.05, 3.63) is 41.3 Å². The maximum absolute atomic E-state index is 11.3. The van der Waals surface area contributed by atoms with Gasteiger partial charge >= 0.3 is 5.69 Å². The van der Waals surface area contributed by atoms with E-state index in [-0.39, 0.29) is 10.6 Å². The minimum atomic E-state index is -0.430. The molecule has 80 valence electrons. The van der Waals surface area contributed by atoms with Crippen molar-refractivity contribution in [2.24, 2.45) is 0 Å². The summed E-state index contributed by atoms with van der Waals surface area (Å²) in [6, 6.07) is 5.42. The number of hydrogen-bond acceptors (Lipinski definition) is 3. The molecule has 0 fully saturated rings. The molecule has 0 atom stereocenters. The summed E-state index contributed by atoms with van der Waals surface area (Å²) in [7, 11) is 0. The Balaban J connectivity index is 2.32. The minimum Gasteiger partial charge on any atom is -0.269 e. The summed E-state index contributed by atoms with van der Waals surface area (Å²) >= 11 is 0. The predicted molar refractivity (Wildman–Crippen MR) is 53.1 cm³/mol. The van der Waals surface area contributed by atoms with Crippen molar-refractivity contribution in [2.75, 3.05) is 4.90 Å². The molecule has 0 radical (unpaired) electrons. The van der Waals surface area contributed by atoms with Crippen LogP contribution in [0.1, 0.15) is 0 Å². The Morgan fingerprint density at radius 2 is 1.50 bits per heavy atom. The molecule has 6 nitrogen and oxygen atoms in total. The van der Waals surface area contributed by atoms with E-state index in [4.69, 9.17) is 5.21 Å². The molecule has 1 N–H and O–H groups in total. The molecule has 0 aliphatic carbocycles. The highest BCUT2D eigenvalue weighted by Crippen LogP contribution is 2.21. The number of imide groups is 1. The summed E-state index contributed by atoms with van der Waals surface area (Å²) < 4.78 is 0. The van der Waals surface area contributed by atoms with Gasteiger partial charge in [0.2, 0.25) is 0 Å². The van der Waals surface area contributed by atoms with Crippen LogP contribution in [0.15, 0.2) is 36.4 Å². The molecule has 1 aromatic rings. The average Bonchev–Trinajstić information content (AvgIpc) is 2.59. The molecule has 2 rings (SSSR count). The summed E-state index contributed by atoms with van der Waals surface area (Å²) in [4.78, 5) is 33.8. The van der Waals surface area contributed by atoms with Crippen LogP contribution in [-0.4, -0.2) is 21.9 Å². The number of carbonyl (C=O) groups excluding carboxylic acids is 2. The quantitative estimate of drug-likeness (QED) is 0.592. The number of carbonyl (C=O) groups is 2. The van der Waals surface area contributed by atoms with Crippen molar-refractivity contribution in [1.82, 2.24) is 0 Å². The van der Waals surface area contributed by atoms with Crippen LogP contribution in [0.3, 0.4) is 0 Å². The van der Waals surface area contributed by atoms with Crippen LogP contribution in [0.25, 0.3) is 0 Å². The number of rotatable bonds is 2. The van der Waals surface area contributed by atoms with Gasteiger partial charge in [0.15, 0.2) is 0 Å². The van der Waals surface area contributed by atoms with Gasteiger partial charge in [-0.1, -0.05) is 0 Å². The Kier molecular flexibility index (Phi) is 2.24. The van der Waals surface area contributed by atoms with E-state index in [1.165, 1.54) is 36.4 Å². The Labute approximate surface area is 89.9 Å². The molecule has 1 aliphatic heterocycles. The summed E-state index contributed by atoms with van der Waals surface area (Å²) in [6.07, 6.45) is 2.34. The third-order valence-electron chi connectivity index (χ3n) is 2.14. The zero-order chi connectivity index (χ0) is 11.7. The molecule has 2 amide bonds. The Bertz CT molecular complexity index is 486. The number of anilines is 1. The van der Waals surface area contributed by atoms with Gasteiger partial charge in [-0.3, -0.25) is 9.59 Å². The van der Waals surface area contributed by atoms with Gasteiger partial charge in [0, 0.05) is 24.3 Å². The second-order valence-corrected chi connectivity index (χ2v) is 3.13. The van der Waals surface area contributed by atoms with Crippen LogP contribution in [0, 0.1) is 4.91 Å². The fourth-order valence-electron chi connectivity index (χ4n) is 1.38. The van der Waals surface area contributed by atoms with Crippen molar-refractivity contribution in [1.29, 1.82) is 0 Å². The van der Waals surface area contributed by atoms with Crippen molar-refractivity contribution >= 4 is 23.2 Å². The van der Waals surface area contributed by atoms with E-state index < -0.39 is 11.8 Å². The van der Waals surface area contributed by atoms with Gasteiger partial charge in [0.25, 0.3) is 16.7 Å². The third kappa shape index (κ3) is 1.56. The first kappa shape index (κ1) is 10.0. The molecule has 0 bridgehead atoms. The summed E-state index contributed by atoms with van der Waals surface area (Å²) in [6.45, 7) is 0. The van der Waals surface area contributed by atoms with Crippen LogP contribution < -0.4 is 4.90 Å². The highest BCUT2D eigenvalue weighted by atomic mass is 16.6. The van der Waals surface area contributed by atoms with E-state index in [1.54, 1.807) is 0 Å². The van der Waals surface area contributed by atoms with Gasteiger partial charge in [0.1, 0.15) is 0 Å².